The van der Waals surface area contributed by atoms with Crippen LogP contribution < -0.4 is 20.5 Å². The number of methoxy groups -OCH3 is 1. The standard InChI is InChI=1S/C23H23N3O6S/c1-13-4-6-16(8-14(13)2)25-21(28)11-26-22(29)19(33-23(26)30)10-15-5-7-17(18(9-15)31-3)32-12-20(24)27/h4-10H,11-12H2,1-3H3,(H2,24,27)(H,25,28). The Hall–Kier alpha value is -3.79. The molecule has 1 heterocycles. The third-order valence-electron chi connectivity index (χ3n) is 4.82. The van der Waals surface area contributed by atoms with Crippen molar-refractivity contribution in [1.82, 2.24) is 4.90 Å². The van der Waals surface area contributed by atoms with Crippen LogP contribution in [0.3, 0.4) is 0 Å². The van der Waals surface area contributed by atoms with E-state index < -0.39 is 29.5 Å². The van der Waals surface area contributed by atoms with E-state index in [2.05, 4.69) is 5.32 Å². The molecular weight excluding hydrogens is 446 g/mol. The van der Waals surface area contributed by atoms with E-state index in [1.54, 1.807) is 24.3 Å². The first kappa shape index (κ1) is 23.9. The number of thioether (sulfide) groups is 1. The second-order valence-corrected chi connectivity index (χ2v) is 8.27. The predicted octanol–water partition coefficient (Wildman–Crippen LogP) is 2.85. The van der Waals surface area contributed by atoms with Crippen molar-refractivity contribution in [3.63, 3.8) is 0 Å². The highest BCUT2D eigenvalue weighted by Crippen LogP contribution is 2.34. The Kier molecular flexibility index (Phi) is 7.39. The first-order valence-electron chi connectivity index (χ1n) is 9.89. The molecule has 33 heavy (non-hydrogen) atoms. The molecule has 0 aliphatic carbocycles. The molecule has 2 aromatic carbocycles. The lowest BCUT2D eigenvalue weighted by Gasteiger charge is -2.13. The number of primary amides is 1. The van der Waals surface area contributed by atoms with E-state index in [4.69, 9.17) is 15.2 Å². The van der Waals surface area contributed by atoms with Gasteiger partial charge in [0, 0.05) is 5.69 Å². The summed E-state index contributed by atoms with van der Waals surface area (Å²) in [6.45, 7) is 3.19. The Balaban J connectivity index is 1.70. The molecule has 0 atom stereocenters. The number of amides is 4. The predicted molar refractivity (Wildman–Crippen MR) is 125 cm³/mol. The van der Waals surface area contributed by atoms with Crippen LogP contribution in [0, 0.1) is 13.8 Å². The van der Waals surface area contributed by atoms with Gasteiger partial charge < -0.3 is 20.5 Å². The number of nitrogens with two attached hydrogens (primary N) is 1. The van der Waals surface area contributed by atoms with E-state index in [1.807, 2.05) is 26.0 Å². The fraction of sp³-hybridized carbons (Fsp3) is 0.217. The van der Waals surface area contributed by atoms with Gasteiger partial charge in [-0.25, -0.2) is 0 Å². The monoisotopic (exact) mass is 469 g/mol. The van der Waals surface area contributed by atoms with E-state index in [-0.39, 0.29) is 11.5 Å². The summed E-state index contributed by atoms with van der Waals surface area (Å²) >= 11 is 0.746. The van der Waals surface area contributed by atoms with E-state index in [0.717, 1.165) is 27.8 Å². The Morgan fingerprint density at radius 3 is 2.52 bits per heavy atom. The highest BCUT2D eigenvalue weighted by atomic mass is 32.2. The number of nitrogens with one attached hydrogen (secondary N) is 1. The van der Waals surface area contributed by atoms with Crippen molar-refractivity contribution < 1.29 is 28.7 Å². The summed E-state index contributed by atoms with van der Waals surface area (Å²) in [7, 11) is 1.43. The maximum atomic E-state index is 12.7. The molecule has 4 amide bonds. The van der Waals surface area contributed by atoms with Gasteiger partial charge >= 0.3 is 0 Å². The lowest BCUT2D eigenvalue weighted by molar-refractivity contribution is -0.127. The largest absolute Gasteiger partial charge is 0.493 e. The third-order valence-corrected chi connectivity index (χ3v) is 5.73. The van der Waals surface area contributed by atoms with Gasteiger partial charge in [0.25, 0.3) is 17.1 Å². The SMILES string of the molecule is COc1cc(C=C2SC(=O)N(CC(=O)Nc3ccc(C)c(C)c3)C2=O)ccc1OCC(N)=O. The number of benzene rings is 2. The molecule has 3 rings (SSSR count). The van der Waals surface area contributed by atoms with Crippen LogP contribution in [-0.2, 0) is 14.4 Å². The Morgan fingerprint density at radius 2 is 1.85 bits per heavy atom. The second kappa shape index (κ2) is 10.2. The molecule has 1 aliphatic heterocycles. The number of carbonyl (C=O) groups excluding carboxylic acids is 4. The van der Waals surface area contributed by atoms with Crippen LogP contribution in [0.15, 0.2) is 41.3 Å². The highest BCUT2D eigenvalue weighted by Gasteiger charge is 2.36. The minimum Gasteiger partial charge on any atom is -0.493 e. The van der Waals surface area contributed by atoms with E-state index in [1.165, 1.54) is 13.2 Å². The van der Waals surface area contributed by atoms with Crippen LogP contribution in [0.1, 0.15) is 16.7 Å². The van der Waals surface area contributed by atoms with Crippen molar-refractivity contribution >= 4 is 46.5 Å². The van der Waals surface area contributed by atoms with Gasteiger partial charge in [0.05, 0.1) is 12.0 Å². The average molecular weight is 470 g/mol. The summed E-state index contributed by atoms with van der Waals surface area (Å²) < 4.78 is 10.5. The average Bonchev–Trinajstić information content (AvgIpc) is 3.02. The topological polar surface area (TPSA) is 128 Å². The van der Waals surface area contributed by atoms with Crippen molar-refractivity contribution in [2.45, 2.75) is 13.8 Å². The number of carbonyl (C=O) groups is 4. The first-order valence-corrected chi connectivity index (χ1v) is 10.7. The number of hydrogen-bond acceptors (Lipinski definition) is 7. The molecule has 0 bridgehead atoms. The zero-order valence-corrected chi connectivity index (χ0v) is 19.2. The lowest BCUT2D eigenvalue weighted by atomic mass is 10.1. The summed E-state index contributed by atoms with van der Waals surface area (Å²) in [6.07, 6.45) is 1.52. The zero-order chi connectivity index (χ0) is 24.1. The van der Waals surface area contributed by atoms with E-state index in [9.17, 15) is 19.2 Å². The fourth-order valence-electron chi connectivity index (χ4n) is 2.99. The van der Waals surface area contributed by atoms with Crippen LogP contribution in [0.25, 0.3) is 6.08 Å². The van der Waals surface area contributed by atoms with E-state index in [0.29, 0.717) is 22.7 Å². The highest BCUT2D eigenvalue weighted by molar-refractivity contribution is 8.18. The lowest BCUT2D eigenvalue weighted by Crippen LogP contribution is -2.36. The molecule has 0 aromatic heterocycles. The number of nitrogens with zero attached hydrogens (tertiary/aromatic N) is 1. The van der Waals surface area contributed by atoms with Crippen LogP contribution >= 0.6 is 11.8 Å². The summed E-state index contributed by atoms with van der Waals surface area (Å²) in [6, 6.07) is 10.3. The van der Waals surface area contributed by atoms with Gasteiger partial charge in [0.1, 0.15) is 6.54 Å². The molecule has 0 unspecified atom stereocenters. The van der Waals surface area contributed by atoms with Crippen LogP contribution in [0.2, 0.25) is 0 Å². The first-order chi connectivity index (χ1) is 15.7. The molecule has 1 saturated heterocycles. The molecule has 9 nitrogen and oxygen atoms in total. The van der Waals surface area contributed by atoms with Crippen molar-refractivity contribution in [2.75, 3.05) is 25.6 Å². The van der Waals surface area contributed by atoms with Crippen molar-refractivity contribution in [1.29, 1.82) is 0 Å². The van der Waals surface area contributed by atoms with Gasteiger partial charge in [-0.1, -0.05) is 12.1 Å². The van der Waals surface area contributed by atoms with Gasteiger partial charge in [-0.2, -0.15) is 0 Å². The number of imide groups is 1. The molecule has 0 spiro atoms. The summed E-state index contributed by atoms with van der Waals surface area (Å²) in [5, 5.41) is 2.17. The smallest absolute Gasteiger partial charge is 0.294 e. The maximum Gasteiger partial charge on any atom is 0.294 e. The number of anilines is 1. The zero-order valence-electron chi connectivity index (χ0n) is 18.3. The molecule has 0 saturated carbocycles. The fourth-order valence-corrected chi connectivity index (χ4v) is 3.83. The van der Waals surface area contributed by atoms with Gasteiger partial charge in [-0.05, 0) is 72.6 Å². The minimum atomic E-state index is -0.628. The quantitative estimate of drug-likeness (QED) is 0.569. The third kappa shape index (κ3) is 5.92. The van der Waals surface area contributed by atoms with Crippen LogP contribution in [0.4, 0.5) is 10.5 Å². The molecule has 0 radical (unpaired) electrons. The Bertz CT molecular complexity index is 1160. The second-order valence-electron chi connectivity index (χ2n) is 7.28. The Labute approximate surface area is 194 Å². The number of hydrogen-bond donors (Lipinski definition) is 2. The van der Waals surface area contributed by atoms with Gasteiger partial charge in [-0.15, -0.1) is 0 Å². The molecule has 1 aliphatic rings. The van der Waals surface area contributed by atoms with Crippen molar-refractivity contribution in [3.8, 4) is 11.5 Å². The summed E-state index contributed by atoms with van der Waals surface area (Å²) in [4.78, 5) is 49.5. The van der Waals surface area contributed by atoms with Crippen molar-refractivity contribution in [2.24, 2.45) is 5.73 Å². The Morgan fingerprint density at radius 1 is 1.09 bits per heavy atom. The van der Waals surface area contributed by atoms with Gasteiger partial charge in [0.2, 0.25) is 5.91 Å². The number of ether oxygens (including phenoxy) is 2. The molecule has 172 valence electrons. The molecule has 1 fully saturated rings. The molecule has 2 aromatic rings. The molecule has 3 N–H and O–H groups in total. The summed E-state index contributed by atoms with van der Waals surface area (Å²) in [5.74, 6) is -1.02. The minimum absolute atomic E-state index is 0.173. The van der Waals surface area contributed by atoms with E-state index >= 15 is 0 Å². The van der Waals surface area contributed by atoms with Gasteiger partial charge in [-0.3, -0.25) is 24.1 Å². The number of rotatable bonds is 8. The summed E-state index contributed by atoms with van der Waals surface area (Å²) in [5.41, 5.74) is 8.36. The van der Waals surface area contributed by atoms with Crippen LogP contribution in [-0.4, -0.2) is 48.1 Å². The molecular formula is C23H23N3O6S. The van der Waals surface area contributed by atoms with Crippen LogP contribution in [0.5, 0.6) is 11.5 Å². The van der Waals surface area contributed by atoms with Gasteiger partial charge in [0.15, 0.2) is 18.1 Å². The maximum absolute atomic E-state index is 12.7. The normalized spacial score (nSPS) is 14.5. The van der Waals surface area contributed by atoms with Crippen molar-refractivity contribution in [3.05, 3.63) is 58.0 Å². The number of aryl methyl sites for hydroxylation is 2. The molecule has 10 heteroatoms.